The monoisotopic (exact) mass is 314 g/mol. The summed E-state index contributed by atoms with van der Waals surface area (Å²) in [7, 11) is 0. The Morgan fingerprint density at radius 2 is 2.14 bits per heavy atom. The predicted molar refractivity (Wildman–Crippen MR) is 75.8 cm³/mol. The lowest BCUT2D eigenvalue weighted by Gasteiger charge is -2.08. The van der Waals surface area contributed by atoms with Gasteiger partial charge in [0.05, 0.1) is 11.3 Å². The molecule has 0 radical (unpaired) electrons. The molecular weight excluding hydrogens is 301 g/mol. The van der Waals surface area contributed by atoms with Crippen LogP contribution in [0.2, 0.25) is 0 Å². The number of aryl methyl sites for hydroxylation is 1. The van der Waals surface area contributed by atoms with Gasteiger partial charge in [-0.05, 0) is 36.8 Å². The molecule has 0 aliphatic heterocycles. The van der Waals surface area contributed by atoms with Crippen LogP contribution in [0.3, 0.4) is 0 Å². The van der Waals surface area contributed by atoms with Crippen LogP contribution in [0.15, 0.2) is 29.4 Å². The van der Waals surface area contributed by atoms with Crippen LogP contribution in [0.4, 0.5) is 13.2 Å². The minimum absolute atomic E-state index is 0.304. The summed E-state index contributed by atoms with van der Waals surface area (Å²) in [6.07, 6.45) is -3.77. The van der Waals surface area contributed by atoms with E-state index in [1.54, 1.807) is 13.0 Å². The molecule has 0 amide bonds. The van der Waals surface area contributed by atoms with Crippen molar-refractivity contribution in [2.45, 2.75) is 26.4 Å². The molecule has 8 heteroatoms. The Morgan fingerprint density at radius 3 is 2.76 bits per heavy atom. The highest BCUT2D eigenvalue weighted by Crippen LogP contribution is 2.29. The molecule has 112 valence electrons. The molecule has 0 aliphatic rings. The maximum atomic E-state index is 12.7. The Morgan fingerprint density at radius 1 is 1.43 bits per heavy atom. The first-order valence-electron chi connectivity index (χ1n) is 6.22. The van der Waals surface area contributed by atoms with E-state index < -0.39 is 11.7 Å². The maximum absolute atomic E-state index is 12.7. The number of rotatable bonds is 3. The first-order valence-corrected chi connectivity index (χ1v) is 6.63. The molecule has 0 spiro atoms. The highest BCUT2D eigenvalue weighted by molar-refractivity contribution is 7.71. The van der Waals surface area contributed by atoms with Crippen molar-refractivity contribution in [1.29, 1.82) is 0 Å². The zero-order valence-electron chi connectivity index (χ0n) is 11.4. The van der Waals surface area contributed by atoms with Crippen LogP contribution in [0.5, 0.6) is 0 Å². The molecule has 21 heavy (non-hydrogen) atoms. The molecule has 1 aromatic carbocycles. The second kappa shape index (κ2) is 5.80. The maximum Gasteiger partial charge on any atom is 0.416 e. The number of aromatic amines is 1. The molecule has 0 aliphatic carbocycles. The number of hydrogen-bond acceptors (Lipinski definition) is 3. The molecule has 2 rings (SSSR count). The molecule has 1 heterocycles. The summed E-state index contributed by atoms with van der Waals surface area (Å²) in [6.45, 7) is 3.51. The fraction of sp³-hybridized carbons (Fsp3) is 0.308. The molecule has 0 saturated carbocycles. The number of alkyl halides is 3. The van der Waals surface area contributed by atoms with Crippen LogP contribution >= 0.6 is 12.2 Å². The molecule has 0 saturated heterocycles. The lowest BCUT2D eigenvalue weighted by atomic mass is 10.1. The van der Waals surface area contributed by atoms with Crippen molar-refractivity contribution in [2.24, 2.45) is 5.10 Å². The second-order valence-electron chi connectivity index (χ2n) is 4.37. The Bertz CT molecular complexity index is 728. The highest BCUT2D eigenvalue weighted by Gasteiger charge is 2.30. The standard InChI is InChI=1S/C13H13F3N4S/c1-3-11-17-18-12(21)20(11)19-8(2)9-5-4-6-10(7-9)13(14,15)16/h4-7H,3H2,1-2H3,(H,18,21). The van der Waals surface area contributed by atoms with Crippen molar-refractivity contribution in [1.82, 2.24) is 14.9 Å². The molecule has 0 fully saturated rings. The Balaban J connectivity index is 2.44. The average molecular weight is 314 g/mol. The van der Waals surface area contributed by atoms with Crippen molar-refractivity contribution in [2.75, 3.05) is 0 Å². The van der Waals surface area contributed by atoms with Gasteiger partial charge in [-0.2, -0.15) is 28.0 Å². The van der Waals surface area contributed by atoms with Crippen LogP contribution in [-0.4, -0.2) is 20.6 Å². The molecule has 2 aromatic rings. The first-order chi connectivity index (χ1) is 9.82. The molecule has 0 bridgehead atoms. The summed E-state index contributed by atoms with van der Waals surface area (Å²) in [5, 5.41) is 10.9. The fourth-order valence-corrected chi connectivity index (χ4v) is 1.98. The minimum Gasteiger partial charge on any atom is -0.250 e. The zero-order chi connectivity index (χ0) is 15.6. The average Bonchev–Trinajstić information content (AvgIpc) is 2.79. The van der Waals surface area contributed by atoms with E-state index in [2.05, 4.69) is 15.3 Å². The number of hydrogen-bond donors (Lipinski definition) is 1. The van der Waals surface area contributed by atoms with Crippen molar-refractivity contribution in [3.05, 3.63) is 46.0 Å². The largest absolute Gasteiger partial charge is 0.416 e. The Hall–Kier alpha value is -1.96. The molecule has 0 unspecified atom stereocenters. The summed E-state index contributed by atoms with van der Waals surface area (Å²) in [4.78, 5) is 0. The minimum atomic E-state index is -4.38. The molecular formula is C13H13F3N4S. The van der Waals surface area contributed by atoms with Crippen LogP contribution in [-0.2, 0) is 12.6 Å². The highest BCUT2D eigenvalue weighted by atomic mass is 32.1. The summed E-state index contributed by atoms with van der Waals surface area (Å²) >= 11 is 5.05. The lowest BCUT2D eigenvalue weighted by Crippen LogP contribution is -2.08. The van der Waals surface area contributed by atoms with Crippen molar-refractivity contribution < 1.29 is 13.2 Å². The summed E-state index contributed by atoms with van der Waals surface area (Å²) in [6, 6.07) is 5.02. The number of nitrogens with one attached hydrogen (secondary N) is 1. The van der Waals surface area contributed by atoms with Gasteiger partial charge in [0.1, 0.15) is 0 Å². The van der Waals surface area contributed by atoms with E-state index in [9.17, 15) is 13.2 Å². The van der Waals surface area contributed by atoms with Crippen molar-refractivity contribution in [3.8, 4) is 0 Å². The van der Waals surface area contributed by atoms with Crippen LogP contribution in [0.25, 0.3) is 0 Å². The van der Waals surface area contributed by atoms with Crippen LogP contribution < -0.4 is 0 Å². The van der Waals surface area contributed by atoms with Crippen LogP contribution in [0, 0.1) is 4.77 Å². The predicted octanol–water partition coefficient (Wildman–Crippen LogP) is 3.79. The van der Waals surface area contributed by atoms with Gasteiger partial charge in [-0.1, -0.05) is 19.1 Å². The molecule has 0 atom stereocenters. The molecule has 1 N–H and O–H groups in total. The lowest BCUT2D eigenvalue weighted by molar-refractivity contribution is -0.137. The van der Waals surface area contributed by atoms with Gasteiger partial charge in [0.15, 0.2) is 5.82 Å². The van der Waals surface area contributed by atoms with E-state index in [1.807, 2.05) is 6.92 Å². The van der Waals surface area contributed by atoms with Gasteiger partial charge in [-0.3, -0.25) is 5.10 Å². The third-order valence-electron chi connectivity index (χ3n) is 2.89. The van der Waals surface area contributed by atoms with Gasteiger partial charge in [0, 0.05) is 6.42 Å². The molecule has 4 nitrogen and oxygen atoms in total. The van der Waals surface area contributed by atoms with Crippen molar-refractivity contribution >= 4 is 17.9 Å². The van der Waals surface area contributed by atoms with Gasteiger partial charge in [-0.25, -0.2) is 0 Å². The van der Waals surface area contributed by atoms with E-state index in [1.165, 1.54) is 10.7 Å². The quantitative estimate of drug-likeness (QED) is 0.692. The first kappa shape index (κ1) is 15.4. The van der Waals surface area contributed by atoms with Gasteiger partial charge in [0.2, 0.25) is 4.77 Å². The summed E-state index contributed by atoms with van der Waals surface area (Å²) < 4.78 is 39.9. The van der Waals surface area contributed by atoms with Gasteiger partial charge in [0.25, 0.3) is 0 Å². The van der Waals surface area contributed by atoms with E-state index in [0.717, 1.165) is 12.1 Å². The number of benzene rings is 1. The zero-order valence-corrected chi connectivity index (χ0v) is 12.2. The normalized spacial score (nSPS) is 12.7. The Labute approximate surface area is 124 Å². The van der Waals surface area contributed by atoms with E-state index >= 15 is 0 Å². The van der Waals surface area contributed by atoms with Crippen LogP contribution in [0.1, 0.15) is 30.8 Å². The summed E-state index contributed by atoms with van der Waals surface area (Å²) in [5.74, 6) is 0.617. The van der Waals surface area contributed by atoms with E-state index in [-0.39, 0.29) is 0 Å². The third-order valence-corrected chi connectivity index (χ3v) is 3.16. The number of nitrogens with zero attached hydrogens (tertiary/aromatic N) is 3. The number of aromatic nitrogens is 3. The van der Waals surface area contributed by atoms with E-state index in [0.29, 0.717) is 28.3 Å². The number of halogens is 3. The van der Waals surface area contributed by atoms with Gasteiger partial charge < -0.3 is 0 Å². The topological polar surface area (TPSA) is 46.0 Å². The molecule has 1 aromatic heterocycles. The van der Waals surface area contributed by atoms with Gasteiger partial charge in [-0.15, -0.1) is 0 Å². The smallest absolute Gasteiger partial charge is 0.250 e. The SMILES string of the molecule is CCc1n[nH]c(=S)n1N=C(C)c1cccc(C(F)(F)F)c1. The number of H-pyrrole nitrogens is 1. The second-order valence-corrected chi connectivity index (χ2v) is 4.76. The van der Waals surface area contributed by atoms with Gasteiger partial charge >= 0.3 is 6.18 Å². The fourth-order valence-electron chi connectivity index (χ4n) is 1.78. The van der Waals surface area contributed by atoms with Crippen molar-refractivity contribution in [3.63, 3.8) is 0 Å². The third kappa shape index (κ3) is 3.38. The van der Waals surface area contributed by atoms with E-state index in [4.69, 9.17) is 12.2 Å². The summed E-state index contributed by atoms with van der Waals surface area (Å²) in [5.41, 5.74) is 0.101. The Kier molecular flexibility index (Phi) is 4.26.